The molecule has 17 heavy (non-hydrogen) atoms. The Morgan fingerprint density at radius 3 is 2.53 bits per heavy atom. The van der Waals surface area contributed by atoms with Gasteiger partial charge in [-0.3, -0.25) is 0 Å². The maximum Gasteiger partial charge on any atom is 0.161 e. The third-order valence-electron chi connectivity index (χ3n) is 2.93. The number of hydrogen-bond acceptors (Lipinski definition) is 3. The quantitative estimate of drug-likeness (QED) is 0.853. The maximum absolute atomic E-state index is 9.58. The first-order chi connectivity index (χ1) is 7.60. The number of rotatable bonds is 5. The molecule has 1 rings (SSSR count). The highest BCUT2D eigenvalue weighted by Gasteiger charge is 2.15. The van der Waals surface area contributed by atoms with Crippen LogP contribution in [0.5, 0.6) is 11.5 Å². The molecule has 0 saturated carbocycles. The van der Waals surface area contributed by atoms with Gasteiger partial charge < -0.3 is 15.6 Å². The van der Waals surface area contributed by atoms with Gasteiger partial charge in [0.25, 0.3) is 0 Å². The molecule has 0 aliphatic carbocycles. The van der Waals surface area contributed by atoms with Crippen LogP contribution in [0.25, 0.3) is 0 Å². The minimum Gasteiger partial charge on any atom is -0.504 e. The van der Waals surface area contributed by atoms with E-state index in [0.29, 0.717) is 18.3 Å². The van der Waals surface area contributed by atoms with Gasteiger partial charge in [-0.25, -0.2) is 0 Å². The van der Waals surface area contributed by atoms with E-state index in [-0.39, 0.29) is 24.2 Å². The van der Waals surface area contributed by atoms with Gasteiger partial charge in [-0.2, -0.15) is 0 Å². The minimum atomic E-state index is -0.00944. The van der Waals surface area contributed by atoms with E-state index in [1.54, 1.807) is 6.07 Å². The van der Waals surface area contributed by atoms with E-state index >= 15 is 0 Å². The lowest BCUT2D eigenvalue weighted by Crippen LogP contribution is -2.18. The van der Waals surface area contributed by atoms with E-state index in [4.69, 9.17) is 10.5 Å². The van der Waals surface area contributed by atoms with Gasteiger partial charge in [0.05, 0.1) is 6.61 Å². The molecule has 1 unspecified atom stereocenters. The van der Waals surface area contributed by atoms with Crippen LogP contribution in [0.15, 0.2) is 18.2 Å². The first-order valence-corrected chi connectivity index (χ1v) is 5.81. The SMILES string of the molecule is CCOc1cc([C@@H](N)C(C)CC)ccc1O.Cl. The summed E-state index contributed by atoms with van der Waals surface area (Å²) in [6, 6.07) is 5.32. The molecule has 0 radical (unpaired) electrons. The van der Waals surface area contributed by atoms with Gasteiger partial charge in [-0.15, -0.1) is 12.4 Å². The van der Waals surface area contributed by atoms with Gasteiger partial charge in [0.15, 0.2) is 11.5 Å². The molecule has 0 amide bonds. The van der Waals surface area contributed by atoms with Crippen LogP contribution in [0.2, 0.25) is 0 Å². The number of phenols is 1. The molecule has 3 N–H and O–H groups in total. The zero-order chi connectivity index (χ0) is 12.1. The minimum absolute atomic E-state index is 0. The molecule has 0 aliphatic heterocycles. The number of hydrogen-bond donors (Lipinski definition) is 2. The normalized spacial score (nSPS) is 13.6. The summed E-state index contributed by atoms with van der Waals surface area (Å²) in [7, 11) is 0. The van der Waals surface area contributed by atoms with E-state index < -0.39 is 0 Å². The zero-order valence-corrected chi connectivity index (χ0v) is 11.5. The first kappa shape index (κ1) is 16.1. The number of aromatic hydroxyl groups is 1. The van der Waals surface area contributed by atoms with E-state index in [1.165, 1.54) is 0 Å². The van der Waals surface area contributed by atoms with Crippen molar-refractivity contribution in [2.75, 3.05) is 6.61 Å². The van der Waals surface area contributed by atoms with E-state index in [1.807, 2.05) is 19.1 Å². The molecule has 4 heteroatoms. The van der Waals surface area contributed by atoms with Crippen molar-refractivity contribution in [3.05, 3.63) is 23.8 Å². The second-order valence-electron chi connectivity index (χ2n) is 4.07. The standard InChI is InChI=1S/C13H21NO2.ClH/c1-4-9(3)13(14)10-6-7-11(15)12(8-10)16-5-2;/h6-9,13,15H,4-5,14H2,1-3H3;1H/t9?,13-;/m0./s1. The van der Waals surface area contributed by atoms with Gasteiger partial charge in [0, 0.05) is 6.04 Å². The van der Waals surface area contributed by atoms with Crippen LogP contribution in [0.4, 0.5) is 0 Å². The summed E-state index contributed by atoms with van der Waals surface area (Å²) in [6.45, 7) is 6.67. The van der Waals surface area contributed by atoms with Gasteiger partial charge in [0.1, 0.15) is 0 Å². The Morgan fingerprint density at radius 2 is 2.00 bits per heavy atom. The number of phenolic OH excluding ortho intramolecular Hbond substituents is 1. The van der Waals surface area contributed by atoms with E-state index in [9.17, 15) is 5.11 Å². The van der Waals surface area contributed by atoms with E-state index in [2.05, 4.69) is 13.8 Å². The molecule has 2 atom stereocenters. The summed E-state index contributed by atoms with van der Waals surface area (Å²) in [5.74, 6) is 1.10. The zero-order valence-electron chi connectivity index (χ0n) is 10.6. The molecule has 1 aromatic rings. The average Bonchev–Trinajstić information content (AvgIpc) is 2.30. The lowest BCUT2D eigenvalue weighted by atomic mass is 9.93. The average molecular weight is 260 g/mol. The lowest BCUT2D eigenvalue weighted by molar-refractivity contribution is 0.317. The number of benzene rings is 1. The monoisotopic (exact) mass is 259 g/mol. The summed E-state index contributed by atoms with van der Waals surface area (Å²) in [5.41, 5.74) is 7.14. The van der Waals surface area contributed by atoms with Crippen LogP contribution in [-0.4, -0.2) is 11.7 Å². The fraction of sp³-hybridized carbons (Fsp3) is 0.538. The van der Waals surface area contributed by atoms with Gasteiger partial charge in [-0.05, 0) is 30.5 Å². The van der Waals surface area contributed by atoms with Crippen LogP contribution in [0.1, 0.15) is 38.8 Å². The van der Waals surface area contributed by atoms with Crippen molar-refractivity contribution in [3.63, 3.8) is 0 Å². The molecule has 0 saturated heterocycles. The Morgan fingerprint density at radius 1 is 1.35 bits per heavy atom. The molecule has 3 nitrogen and oxygen atoms in total. The molecular weight excluding hydrogens is 238 g/mol. The Kier molecular flexibility index (Phi) is 7.00. The van der Waals surface area contributed by atoms with Crippen molar-refractivity contribution in [3.8, 4) is 11.5 Å². The predicted molar refractivity (Wildman–Crippen MR) is 72.9 cm³/mol. The molecule has 98 valence electrons. The highest BCUT2D eigenvalue weighted by Crippen LogP contribution is 2.31. The van der Waals surface area contributed by atoms with Crippen molar-refractivity contribution in [1.82, 2.24) is 0 Å². The summed E-state index contributed by atoms with van der Waals surface area (Å²) < 4.78 is 5.34. The summed E-state index contributed by atoms with van der Waals surface area (Å²) in [4.78, 5) is 0. The van der Waals surface area contributed by atoms with Crippen LogP contribution in [-0.2, 0) is 0 Å². The van der Waals surface area contributed by atoms with Gasteiger partial charge in [-0.1, -0.05) is 26.3 Å². The predicted octanol–water partition coefficient (Wildman–Crippen LogP) is 3.26. The highest BCUT2D eigenvalue weighted by atomic mass is 35.5. The number of halogens is 1. The molecule has 0 bridgehead atoms. The summed E-state index contributed by atoms with van der Waals surface area (Å²) in [6.07, 6.45) is 1.03. The second-order valence-corrected chi connectivity index (χ2v) is 4.07. The Hall–Kier alpha value is -0.930. The molecule has 0 spiro atoms. The molecule has 0 aromatic heterocycles. The molecule has 0 fully saturated rings. The van der Waals surface area contributed by atoms with Gasteiger partial charge >= 0.3 is 0 Å². The topological polar surface area (TPSA) is 55.5 Å². The third kappa shape index (κ3) is 4.10. The fourth-order valence-electron chi connectivity index (χ4n) is 1.59. The Balaban J connectivity index is 0.00000256. The first-order valence-electron chi connectivity index (χ1n) is 5.81. The molecule has 0 aliphatic rings. The Labute approximate surface area is 109 Å². The summed E-state index contributed by atoms with van der Waals surface area (Å²) >= 11 is 0. The highest BCUT2D eigenvalue weighted by molar-refractivity contribution is 5.85. The number of nitrogens with two attached hydrogens (primary N) is 1. The number of ether oxygens (including phenoxy) is 1. The van der Waals surface area contributed by atoms with Gasteiger partial charge in [0.2, 0.25) is 0 Å². The third-order valence-corrected chi connectivity index (χ3v) is 2.93. The van der Waals surface area contributed by atoms with Crippen LogP contribution in [0.3, 0.4) is 0 Å². The van der Waals surface area contributed by atoms with Crippen LogP contribution >= 0.6 is 12.4 Å². The smallest absolute Gasteiger partial charge is 0.161 e. The maximum atomic E-state index is 9.58. The molecule has 0 heterocycles. The summed E-state index contributed by atoms with van der Waals surface area (Å²) in [5, 5.41) is 9.58. The van der Waals surface area contributed by atoms with Crippen LogP contribution < -0.4 is 10.5 Å². The van der Waals surface area contributed by atoms with Crippen molar-refractivity contribution in [2.24, 2.45) is 11.7 Å². The van der Waals surface area contributed by atoms with Crippen molar-refractivity contribution in [2.45, 2.75) is 33.2 Å². The van der Waals surface area contributed by atoms with Crippen molar-refractivity contribution in [1.29, 1.82) is 0 Å². The van der Waals surface area contributed by atoms with E-state index in [0.717, 1.165) is 12.0 Å². The lowest BCUT2D eigenvalue weighted by Gasteiger charge is -2.19. The molecular formula is C13H22ClNO2. The Bertz CT molecular complexity index is 344. The largest absolute Gasteiger partial charge is 0.504 e. The van der Waals surface area contributed by atoms with Crippen molar-refractivity contribution >= 4 is 12.4 Å². The van der Waals surface area contributed by atoms with Crippen molar-refractivity contribution < 1.29 is 9.84 Å². The fourth-order valence-corrected chi connectivity index (χ4v) is 1.59. The second kappa shape index (κ2) is 7.41. The molecule has 1 aromatic carbocycles. The van der Waals surface area contributed by atoms with Crippen LogP contribution in [0, 0.1) is 5.92 Å².